The molecule has 2 atom stereocenters. The van der Waals surface area contributed by atoms with Crippen molar-refractivity contribution in [3.8, 4) is 11.4 Å². The monoisotopic (exact) mass is 407 g/mol. The van der Waals surface area contributed by atoms with Crippen LogP contribution < -0.4 is 5.43 Å². The zero-order valence-corrected chi connectivity index (χ0v) is 16.8. The van der Waals surface area contributed by atoms with Crippen LogP contribution in [0, 0.1) is 0 Å². The maximum Gasteiger partial charge on any atom is 0.251 e. The largest absolute Gasteiger partial charge is 0.337 e. The molecule has 0 radical (unpaired) electrons. The van der Waals surface area contributed by atoms with Gasteiger partial charge in [-0.3, -0.25) is 4.79 Å². The smallest absolute Gasteiger partial charge is 0.251 e. The van der Waals surface area contributed by atoms with Crippen molar-refractivity contribution in [3.05, 3.63) is 70.5 Å². The SMILES string of the molecule is CCc1ccc(-c2noc(CN3C=CN4NC(c5cccs5)CC4C3=O)n2)cc1. The third-order valence-corrected chi connectivity index (χ3v) is 6.34. The molecular formula is C21H21N5O2S. The summed E-state index contributed by atoms with van der Waals surface area (Å²) in [5.74, 6) is 0.996. The number of hydrazine groups is 1. The van der Waals surface area contributed by atoms with E-state index in [1.165, 1.54) is 10.4 Å². The van der Waals surface area contributed by atoms with Gasteiger partial charge in [0, 0.05) is 29.3 Å². The van der Waals surface area contributed by atoms with Crippen LogP contribution in [0.15, 0.2) is 58.7 Å². The fourth-order valence-corrected chi connectivity index (χ4v) is 4.50. The summed E-state index contributed by atoms with van der Waals surface area (Å²) in [5.41, 5.74) is 5.57. The van der Waals surface area contributed by atoms with Crippen molar-refractivity contribution in [3.63, 3.8) is 0 Å². The number of amides is 1. The summed E-state index contributed by atoms with van der Waals surface area (Å²) in [4.78, 5) is 20.3. The average molecular weight is 407 g/mol. The zero-order chi connectivity index (χ0) is 19.8. The molecule has 1 aromatic carbocycles. The number of hydrogen-bond acceptors (Lipinski definition) is 7. The van der Waals surface area contributed by atoms with E-state index in [9.17, 15) is 4.79 Å². The molecule has 0 aliphatic carbocycles. The summed E-state index contributed by atoms with van der Waals surface area (Å²) in [6, 6.07) is 12.2. The Labute approximate surface area is 172 Å². The number of hydrogen-bond donors (Lipinski definition) is 1. The van der Waals surface area contributed by atoms with Gasteiger partial charge in [0.1, 0.15) is 12.6 Å². The minimum atomic E-state index is -0.226. The van der Waals surface area contributed by atoms with E-state index < -0.39 is 0 Å². The van der Waals surface area contributed by atoms with E-state index in [2.05, 4.69) is 46.1 Å². The molecule has 7 nitrogen and oxygen atoms in total. The van der Waals surface area contributed by atoms with Crippen molar-refractivity contribution in [1.82, 2.24) is 25.5 Å². The molecule has 1 saturated heterocycles. The highest BCUT2D eigenvalue weighted by atomic mass is 32.1. The summed E-state index contributed by atoms with van der Waals surface area (Å²) < 4.78 is 5.40. The van der Waals surface area contributed by atoms with Crippen LogP contribution in [-0.4, -0.2) is 32.0 Å². The molecule has 2 aliphatic heterocycles. The zero-order valence-electron chi connectivity index (χ0n) is 16.0. The maximum atomic E-state index is 13.0. The van der Waals surface area contributed by atoms with Gasteiger partial charge >= 0.3 is 0 Å². The van der Waals surface area contributed by atoms with Gasteiger partial charge in [-0.05, 0) is 23.4 Å². The van der Waals surface area contributed by atoms with Crippen LogP contribution >= 0.6 is 11.3 Å². The number of carbonyl (C=O) groups is 1. The van der Waals surface area contributed by atoms with Gasteiger partial charge in [-0.25, -0.2) is 5.43 Å². The van der Waals surface area contributed by atoms with E-state index >= 15 is 0 Å². The summed E-state index contributed by atoms with van der Waals surface area (Å²) in [7, 11) is 0. The topological polar surface area (TPSA) is 74.5 Å². The molecule has 4 heterocycles. The quantitative estimate of drug-likeness (QED) is 0.698. The molecule has 2 aromatic heterocycles. The third kappa shape index (κ3) is 3.45. The highest BCUT2D eigenvalue weighted by Crippen LogP contribution is 2.33. The van der Waals surface area contributed by atoms with Gasteiger partial charge in [0.2, 0.25) is 11.7 Å². The molecule has 0 saturated carbocycles. The van der Waals surface area contributed by atoms with Gasteiger partial charge < -0.3 is 14.4 Å². The second-order valence-electron chi connectivity index (χ2n) is 7.18. The molecule has 148 valence electrons. The Morgan fingerprint density at radius 2 is 2.10 bits per heavy atom. The second-order valence-corrected chi connectivity index (χ2v) is 8.16. The first-order valence-corrected chi connectivity index (χ1v) is 10.6. The van der Waals surface area contributed by atoms with E-state index in [-0.39, 0.29) is 24.5 Å². The first-order chi connectivity index (χ1) is 14.2. The molecule has 0 spiro atoms. The van der Waals surface area contributed by atoms with Crippen LogP contribution in [0.4, 0.5) is 0 Å². The molecule has 3 aromatic rings. The highest BCUT2D eigenvalue weighted by molar-refractivity contribution is 7.10. The first kappa shape index (κ1) is 18.1. The summed E-state index contributed by atoms with van der Waals surface area (Å²) in [6.45, 7) is 2.39. The lowest BCUT2D eigenvalue weighted by molar-refractivity contribution is -0.135. The summed E-state index contributed by atoms with van der Waals surface area (Å²) >= 11 is 1.70. The van der Waals surface area contributed by atoms with Gasteiger partial charge in [-0.2, -0.15) is 4.98 Å². The first-order valence-electron chi connectivity index (χ1n) is 9.70. The van der Waals surface area contributed by atoms with Crippen LogP contribution in [0.25, 0.3) is 11.4 Å². The van der Waals surface area contributed by atoms with Crippen LogP contribution in [-0.2, 0) is 17.8 Å². The molecule has 2 aliphatic rings. The van der Waals surface area contributed by atoms with Crippen molar-refractivity contribution in [2.75, 3.05) is 0 Å². The number of aromatic nitrogens is 2. The molecule has 1 amide bonds. The Morgan fingerprint density at radius 1 is 1.24 bits per heavy atom. The minimum absolute atomic E-state index is 0.0334. The molecule has 5 rings (SSSR count). The standard InChI is InChI=1S/C21H21N5O2S/c1-2-14-5-7-15(8-6-14)20-22-19(28-24-20)13-25-9-10-26-17(21(25)27)12-16(23-26)18-4-3-11-29-18/h3-11,16-17,23H,2,12-13H2,1H3. The Bertz CT molecular complexity index is 1030. The summed E-state index contributed by atoms with van der Waals surface area (Å²) in [6.07, 6.45) is 5.39. The van der Waals surface area contributed by atoms with E-state index in [1.54, 1.807) is 22.4 Å². The van der Waals surface area contributed by atoms with Crippen molar-refractivity contribution < 1.29 is 9.32 Å². The molecule has 8 heteroatoms. The fourth-order valence-electron chi connectivity index (χ4n) is 3.71. The van der Waals surface area contributed by atoms with Gasteiger partial charge in [0.15, 0.2) is 0 Å². The number of thiophene rings is 1. The number of benzene rings is 1. The van der Waals surface area contributed by atoms with Crippen molar-refractivity contribution in [1.29, 1.82) is 0 Å². The van der Waals surface area contributed by atoms with E-state index in [0.29, 0.717) is 11.7 Å². The second kappa shape index (κ2) is 7.46. The number of fused-ring (bicyclic) bond motifs is 1. The lowest BCUT2D eigenvalue weighted by atomic mass is 10.1. The van der Waals surface area contributed by atoms with Gasteiger partial charge in [0.05, 0.1) is 6.04 Å². The van der Waals surface area contributed by atoms with Crippen molar-refractivity contribution in [2.45, 2.75) is 38.4 Å². The summed E-state index contributed by atoms with van der Waals surface area (Å²) in [5, 5.41) is 8.03. The Kier molecular flexibility index (Phi) is 4.65. The van der Waals surface area contributed by atoms with E-state index in [4.69, 9.17) is 4.52 Å². The minimum Gasteiger partial charge on any atom is -0.337 e. The predicted molar refractivity (Wildman–Crippen MR) is 109 cm³/mol. The van der Waals surface area contributed by atoms with E-state index in [1.807, 2.05) is 29.4 Å². The Balaban J connectivity index is 1.28. The molecular weight excluding hydrogens is 386 g/mol. The lowest BCUT2D eigenvalue weighted by Gasteiger charge is -2.30. The highest BCUT2D eigenvalue weighted by Gasteiger charge is 2.40. The predicted octanol–water partition coefficient (Wildman–Crippen LogP) is 3.49. The average Bonchev–Trinajstić information content (AvgIpc) is 3.50. The number of rotatable bonds is 5. The molecule has 29 heavy (non-hydrogen) atoms. The van der Waals surface area contributed by atoms with Gasteiger partial charge in [-0.1, -0.05) is 42.4 Å². The third-order valence-electron chi connectivity index (χ3n) is 5.36. The van der Waals surface area contributed by atoms with Crippen LogP contribution in [0.3, 0.4) is 0 Å². The number of nitrogens with zero attached hydrogens (tertiary/aromatic N) is 4. The normalized spacial score (nSPS) is 21.1. The van der Waals surface area contributed by atoms with Gasteiger partial charge in [0.25, 0.3) is 5.91 Å². The molecule has 1 fully saturated rings. The fraction of sp³-hybridized carbons (Fsp3) is 0.286. The van der Waals surface area contributed by atoms with Crippen molar-refractivity contribution in [2.24, 2.45) is 0 Å². The molecule has 2 unspecified atom stereocenters. The van der Waals surface area contributed by atoms with E-state index in [0.717, 1.165) is 18.4 Å². The van der Waals surface area contributed by atoms with Crippen LogP contribution in [0.1, 0.15) is 35.7 Å². The molecule has 1 N–H and O–H groups in total. The van der Waals surface area contributed by atoms with Crippen molar-refractivity contribution >= 4 is 17.2 Å². The Hall–Kier alpha value is -2.97. The van der Waals surface area contributed by atoms with Crippen LogP contribution in [0.5, 0.6) is 0 Å². The van der Waals surface area contributed by atoms with Gasteiger partial charge in [-0.15, -0.1) is 11.3 Å². The number of carbonyl (C=O) groups excluding carboxylic acids is 1. The number of nitrogens with one attached hydrogen (secondary N) is 1. The van der Waals surface area contributed by atoms with Crippen LogP contribution in [0.2, 0.25) is 0 Å². The number of aryl methyl sites for hydroxylation is 1. The lowest BCUT2D eigenvalue weighted by Crippen LogP contribution is -2.47. The Morgan fingerprint density at radius 3 is 2.86 bits per heavy atom. The maximum absolute atomic E-state index is 13.0. The molecule has 0 bridgehead atoms.